The summed E-state index contributed by atoms with van der Waals surface area (Å²) < 4.78 is 0. The Bertz CT molecular complexity index is 203. The Balaban J connectivity index is 2.58. The van der Waals surface area contributed by atoms with Gasteiger partial charge in [0.25, 0.3) is 0 Å². The van der Waals surface area contributed by atoms with E-state index in [1.165, 1.54) is 38.9 Å². The predicted molar refractivity (Wildman–Crippen MR) is 76.4 cm³/mol. The molecular formula is C15H32N2. The number of rotatable bonds is 6. The highest BCUT2D eigenvalue weighted by molar-refractivity contribution is 4.89. The third kappa shape index (κ3) is 4.26. The van der Waals surface area contributed by atoms with Gasteiger partial charge in [-0.1, -0.05) is 47.5 Å². The van der Waals surface area contributed by atoms with Crippen LogP contribution in [0.3, 0.4) is 0 Å². The van der Waals surface area contributed by atoms with Gasteiger partial charge in [0, 0.05) is 25.2 Å². The summed E-state index contributed by atoms with van der Waals surface area (Å²) in [5.41, 5.74) is 0. The molecule has 0 radical (unpaired) electrons. The van der Waals surface area contributed by atoms with Crippen molar-refractivity contribution in [1.29, 1.82) is 0 Å². The van der Waals surface area contributed by atoms with Gasteiger partial charge in [-0.15, -0.1) is 0 Å². The quantitative estimate of drug-likeness (QED) is 0.767. The zero-order chi connectivity index (χ0) is 12.8. The molecule has 0 saturated carbocycles. The topological polar surface area (TPSA) is 15.3 Å². The second-order valence-electron chi connectivity index (χ2n) is 6.06. The van der Waals surface area contributed by atoms with Gasteiger partial charge in [0.2, 0.25) is 0 Å². The zero-order valence-corrected chi connectivity index (χ0v) is 12.5. The third-order valence-corrected chi connectivity index (χ3v) is 4.39. The maximum atomic E-state index is 3.75. The van der Waals surface area contributed by atoms with Crippen LogP contribution in [0.25, 0.3) is 0 Å². The molecule has 1 N–H and O–H groups in total. The summed E-state index contributed by atoms with van der Waals surface area (Å²) in [4.78, 5) is 2.75. The molecule has 0 aliphatic carbocycles. The van der Waals surface area contributed by atoms with Crippen LogP contribution < -0.4 is 5.32 Å². The number of piperazine rings is 1. The molecule has 3 unspecified atom stereocenters. The molecule has 1 aliphatic heterocycles. The molecule has 1 saturated heterocycles. The molecule has 1 rings (SSSR count). The molecule has 0 aromatic carbocycles. The molecule has 17 heavy (non-hydrogen) atoms. The predicted octanol–water partition coefficient (Wildman–Crippen LogP) is 3.13. The number of nitrogens with zero attached hydrogens (tertiary/aromatic N) is 1. The minimum Gasteiger partial charge on any atom is -0.311 e. The van der Waals surface area contributed by atoms with Crippen molar-refractivity contribution in [3.05, 3.63) is 0 Å². The van der Waals surface area contributed by atoms with E-state index in [9.17, 15) is 0 Å². The average Bonchev–Trinajstić information content (AvgIpc) is 2.34. The maximum absolute atomic E-state index is 3.75. The number of nitrogens with one attached hydrogen (secondary N) is 1. The Morgan fingerprint density at radius 1 is 1.24 bits per heavy atom. The normalized spacial score (nSPS) is 28.6. The maximum Gasteiger partial charge on any atom is 0.0246 e. The van der Waals surface area contributed by atoms with E-state index < -0.39 is 0 Å². The fourth-order valence-corrected chi connectivity index (χ4v) is 2.75. The van der Waals surface area contributed by atoms with Crippen LogP contribution in [0, 0.1) is 11.8 Å². The van der Waals surface area contributed by atoms with Gasteiger partial charge < -0.3 is 5.32 Å². The zero-order valence-electron chi connectivity index (χ0n) is 12.5. The fraction of sp³-hybridized carbons (Fsp3) is 1.00. The van der Waals surface area contributed by atoms with Crippen LogP contribution >= 0.6 is 0 Å². The lowest BCUT2D eigenvalue weighted by Crippen LogP contribution is -2.60. The SMILES string of the molecule is CCCCN1CC(C(C)C)NCC1C(C)CC. The van der Waals surface area contributed by atoms with E-state index in [0.717, 1.165) is 17.9 Å². The highest BCUT2D eigenvalue weighted by atomic mass is 15.2. The van der Waals surface area contributed by atoms with Crippen LogP contribution in [0.1, 0.15) is 53.9 Å². The Hall–Kier alpha value is -0.0800. The molecule has 0 aromatic rings. The molecule has 0 bridgehead atoms. The summed E-state index contributed by atoms with van der Waals surface area (Å²) >= 11 is 0. The van der Waals surface area contributed by atoms with E-state index in [1.54, 1.807) is 0 Å². The van der Waals surface area contributed by atoms with E-state index in [1.807, 2.05) is 0 Å². The Kier molecular flexibility index (Phi) is 6.50. The van der Waals surface area contributed by atoms with Crippen molar-refractivity contribution in [2.75, 3.05) is 19.6 Å². The standard InChI is InChI=1S/C15H32N2/c1-6-8-9-17-11-14(12(3)4)16-10-15(17)13(5)7-2/h12-16H,6-11H2,1-5H3. The van der Waals surface area contributed by atoms with Crippen molar-refractivity contribution >= 4 is 0 Å². The van der Waals surface area contributed by atoms with Crippen LogP contribution in [-0.2, 0) is 0 Å². The largest absolute Gasteiger partial charge is 0.311 e. The smallest absolute Gasteiger partial charge is 0.0246 e. The van der Waals surface area contributed by atoms with Crippen molar-refractivity contribution in [2.24, 2.45) is 11.8 Å². The van der Waals surface area contributed by atoms with Gasteiger partial charge in [-0.25, -0.2) is 0 Å². The number of unbranched alkanes of at least 4 members (excludes halogenated alkanes) is 1. The monoisotopic (exact) mass is 240 g/mol. The van der Waals surface area contributed by atoms with Gasteiger partial charge in [-0.2, -0.15) is 0 Å². The molecule has 0 spiro atoms. The average molecular weight is 240 g/mol. The van der Waals surface area contributed by atoms with Crippen molar-refractivity contribution in [2.45, 2.75) is 66.0 Å². The van der Waals surface area contributed by atoms with Gasteiger partial charge in [0.15, 0.2) is 0 Å². The summed E-state index contributed by atoms with van der Waals surface area (Å²) in [7, 11) is 0. The van der Waals surface area contributed by atoms with Gasteiger partial charge in [0.05, 0.1) is 0 Å². The second-order valence-corrected chi connectivity index (χ2v) is 6.06. The van der Waals surface area contributed by atoms with Crippen LogP contribution in [-0.4, -0.2) is 36.6 Å². The molecular weight excluding hydrogens is 208 g/mol. The lowest BCUT2D eigenvalue weighted by atomic mass is 9.91. The van der Waals surface area contributed by atoms with Crippen LogP contribution in [0.15, 0.2) is 0 Å². The molecule has 2 nitrogen and oxygen atoms in total. The first-order valence-corrected chi connectivity index (χ1v) is 7.57. The molecule has 2 heteroatoms. The van der Waals surface area contributed by atoms with Crippen molar-refractivity contribution in [3.63, 3.8) is 0 Å². The lowest BCUT2D eigenvalue weighted by Gasteiger charge is -2.44. The van der Waals surface area contributed by atoms with Crippen molar-refractivity contribution < 1.29 is 0 Å². The van der Waals surface area contributed by atoms with Crippen LogP contribution in [0.2, 0.25) is 0 Å². The minimum absolute atomic E-state index is 0.687. The molecule has 1 heterocycles. The van der Waals surface area contributed by atoms with Crippen LogP contribution in [0.5, 0.6) is 0 Å². The summed E-state index contributed by atoms with van der Waals surface area (Å²) in [5, 5.41) is 3.75. The molecule has 0 amide bonds. The number of hydrogen-bond donors (Lipinski definition) is 1. The third-order valence-electron chi connectivity index (χ3n) is 4.39. The number of hydrogen-bond acceptors (Lipinski definition) is 2. The van der Waals surface area contributed by atoms with Crippen molar-refractivity contribution in [3.8, 4) is 0 Å². The summed E-state index contributed by atoms with van der Waals surface area (Å²) in [6.07, 6.45) is 3.95. The first kappa shape index (κ1) is 15.0. The fourth-order valence-electron chi connectivity index (χ4n) is 2.75. The van der Waals surface area contributed by atoms with Gasteiger partial charge in [-0.05, 0) is 24.8 Å². The van der Waals surface area contributed by atoms with E-state index in [2.05, 4.69) is 44.8 Å². The van der Waals surface area contributed by atoms with Crippen LogP contribution in [0.4, 0.5) is 0 Å². The molecule has 102 valence electrons. The van der Waals surface area contributed by atoms with Gasteiger partial charge in [-0.3, -0.25) is 4.90 Å². The Morgan fingerprint density at radius 3 is 2.47 bits per heavy atom. The summed E-state index contributed by atoms with van der Waals surface area (Å²) in [6.45, 7) is 15.4. The first-order chi connectivity index (χ1) is 8.10. The first-order valence-electron chi connectivity index (χ1n) is 7.57. The highest BCUT2D eigenvalue weighted by Gasteiger charge is 2.31. The van der Waals surface area contributed by atoms with E-state index in [-0.39, 0.29) is 0 Å². The molecule has 0 aromatic heterocycles. The van der Waals surface area contributed by atoms with Gasteiger partial charge >= 0.3 is 0 Å². The Morgan fingerprint density at radius 2 is 1.94 bits per heavy atom. The molecule has 1 aliphatic rings. The minimum atomic E-state index is 0.687. The Labute approximate surface area is 108 Å². The van der Waals surface area contributed by atoms with Crippen molar-refractivity contribution in [1.82, 2.24) is 10.2 Å². The van der Waals surface area contributed by atoms with E-state index in [0.29, 0.717) is 6.04 Å². The lowest BCUT2D eigenvalue weighted by molar-refractivity contribution is 0.0777. The highest BCUT2D eigenvalue weighted by Crippen LogP contribution is 2.20. The molecule has 1 fully saturated rings. The van der Waals surface area contributed by atoms with E-state index in [4.69, 9.17) is 0 Å². The summed E-state index contributed by atoms with van der Waals surface area (Å²) in [5.74, 6) is 1.56. The van der Waals surface area contributed by atoms with Gasteiger partial charge in [0.1, 0.15) is 0 Å². The second kappa shape index (κ2) is 7.38. The van der Waals surface area contributed by atoms with E-state index >= 15 is 0 Å². The summed E-state index contributed by atoms with van der Waals surface area (Å²) in [6, 6.07) is 1.44. The molecule has 3 atom stereocenters.